The number of anilines is 2. The Balaban J connectivity index is 3.03. The Hall–Kier alpha value is -1.76. The maximum absolute atomic E-state index is 12.7. The van der Waals surface area contributed by atoms with Crippen molar-refractivity contribution < 1.29 is 18.0 Å². The fourth-order valence-electron chi connectivity index (χ4n) is 1.62. The van der Waals surface area contributed by atoms with Gasteiger partial charge in [0, 0.05) is 6.54 Å². The van der Waals surface area contributed by atoms with Gasteiger partial charge in [0.15, 0.2) is 0 Å². The molecule has 1 aromatic carbocycles. The molecule has 21 heavy (non-hydrogen) atoms. The number of benzene rings is 1. The van der Waals surface area contributed by atoms with Crippen molar-refractivity contribution in [2.45, 2.75) is 38.9 Å². The number of alkyl halides is 3. The Morgan fingerprint density at radius 2 is 2.00 bits per heavy atom. The number of rotatable bonds is 6. The Morgan fingerprint density at radius 1 is 1.33 bits per heavy atom. The van der Waals surface area contributed by atoms with Crippen LogP contribution >= 0.6 is 0 Å². The molecular weight excluding hydrogens is 283 g/mol. The Labute approximate surface area is 121 Å². The number of carbonyl (C=O) groups excluding carboxylic acids is 1. The number of hydrogen-bond donors (Lipinski definition) is 3. The molecule has 0 aliphatic carbocycles. The van der Waals surface area contributed by atoms with Gasteiger partial charge in [-0.2, -0.15) is 13.2 Å². The van der Waals surface area contributed by atoms with Gasteiger partial charge in [-0.1, -0.05) is 13.3 Å². The van der Waals surface area contributed by atoms with Crippen molar-refractivity contribution >= 4 is 17.3 Å². The zero-order valence-electron chi connectivity index (χ0n) is 12.1. The van der Waals surface area contributed by atoms with E-state index >= 15 is 0 Å². The molecule has 0 aliphatic rings. The topological polar surface area (TPSA) is 67.1 Å². The summed E-state index contributed by atoms with van der Waals surface area (Å²) in [5.74, 6) is -0.534. The maximum Gasteiger partial charge on any atom is 0.416 e. The van der Waals surface area contributed by atoms with Crippen LogP contribution in [0.5, 0.6) is 0 Å². The number of nitrogens with one attached hydrogen (secondary N) is 2. The number of hydrogen-bond acceptors (Lipinski definition) is 3. The van der Waals surface area contributed by atoms with E-state index in [9.17, 15) is 18.0 Å². The van der Waals surface area contributed by atoms with E-state index in [4.69, 9.17) is 5.73 Å². The second kappa shape index (κ2) is 7.31. The summed E-state index contributed by atoms with van der Waals surface area (Å²) >= 11 is 0. The summed E-state index contributed by atoms with van der Waals surface area (Å²) < 4.78 is 38.2. The highest BCUT2D eigenvalue weighted by Crippen LogP contribution is 2.34. The zero-order chi connectivity index (χ0) is 16.0. The van der Waals surface area contributed by atoms with Gasteiger partial charge in [-0.15, -0.1) is 0 Å². The van der Waals surface area contributed by atoms with E-state index in [1.54, 1.807) is 0 Å². The van der Waals surface area contributed by atoms with Gasteiger partial charge in [0.05, 0.1) is 23.0 Å². The largest absolute Gasteiger partial charge is 0.416 e. The van der Waals surface area contributed by atoms with E-state index in [-0.39, 0.29) is 5.69 Å². The summed E-state index contributed by atoms with van der Waals surface area (Å²) in [5, 5.41) is 5.44. The third-order valence-corrected chi connectivity index (χ3v) is 2.86. The molecule has 0 radical (unpaired) electrons. The predicted octanol–water partition coefficient (Wildman–Crippen LogP) is 3.20. The maximum atomic E-state index is 12.7. The monoisotopic (exact) mass is 303 g/mol. The molecule has 1 aromatic rings. The van der Waals surface area contributed by atoms with Gasteiger partial charge >= 0.3 is 6.18 Å². The fraction of sp³-hybridized carbons (Fsp3) is 0.500. The first-order valence-corrected chi connectivity index (χ1v) is 6.77. The Morgan fingerprint density at radius 3 is 2.52 bits per heavy atom. The molecule has 118 valence electrons. The lowest BCUT2D eigenvalue weighted by Crippen LogP contribution is -2.32. The van der Waals surface area contributed by atoms with E-state index < -0.39 is 23.7 Å². The van der Waals surface area contributed by atoms with E-state index in [1.807, 2.05) is 6.92 Å². The molecule has 1 amide bonds. The van der Waals surface area contributed by atoms with Crippen molar-refractivity contribution in [1.29, 1.82) is 0 Å². The predicted molar refractivity (Wildman–Crippen MR) is 77.1 cm³/mol. The van der Waals surface area contributed by atoms with Gasteiger partial charge in [-0.05, 0) is 31.5 Å². The molecule has 0 unspecified atom stereocenters. The van der Waals surface area contributed by atoms with Crippen molar-refractivity contribution in [3.05, 3.63) is 23.8 Å². The van der Waals surface area contributed by atoms with Crippen molar-refractivity contribution in [3.8, 4) is 0 Å². The minimum Gasteiger partial charge on any atom is -0.383 e. The molecule has 0 saturated heterocycles. The quantitative estimate of drug-likeness (QED) is 0.707. The SMILES string of the molecule is CCCCNc1ccc(C(F)(F)F)cc1NC(=O)[C@H](C)N. The van der Waals surface area contributed by atoms with Crippen LogP contribution in [-0.4, -0.2) is 18.5 Å². The van der Waals surface area contributed by atoms with Gasteiger partial charge in [0.25, 0.3) is 0 Å². The van der Waals surface area contributed by atoms with Crippen LogP contribution in [0.1, 0.15) is 32.3 Å². The van der Waals surface area contributed by atoms with Crippen molar-refractivity contribution in [1.82, 2.24) is 0 Å². The fourth-order valence-corrected chi connectivity index (χ4v) is 1.62. The second-order valence-corrected chi connectivity index (χ2v) is 4.82. The average molecular weight is 303 g/mol. The molecule has 0 bridgehead atoms. The van der Waals surface area contributed by atoms with Crippen LogP contribution in [0.15, 0.2) is 18.2 Å². The third-order valence-electron chi connectivity index (χ3n) is 2.86. The van der Waals surface area contributed by atoms with Gasteiger partial charge in [0.1, 0.15) is 0 Å². The number of carbonyl (C=O) groups is 1. The van der Waals surface area contributed by atoms with E-state index in [2.05, 4.69) is 10.6 Å². The van der Waals surface area contributed by atoms with Crippen LogP contribution < -0.4 is 16.4 Å². The van der Waals surface area contributed by atoms with Gasteiger partial charge in [-0.25, -0.2) is 0 Å². The minimum absolute atomic E-state index is 0.0863. The van der Waals surface area contributed by atoms with Crippen molar-refractivity contribution in [2.24, 2.45) is 5.73 Å². The summed E-state index contributed by atoms with van der Waals surface area (Å²) in [5.41, 5.74) is 5.14. The lowest BCUT2D eigenvalue weighted by molar-refractivity contribution is -0.137. The first kappa shape index (κ1) is 17.3. The smallest absolute Gasteiger partial charge is 0.383 e. The standard InChI is InChI=1S/C14H20F3N3O/c1-3-4-7-19-11-6-5-10(14(15,16)17)8-12(11)20-13(21)9(2)18/h5-6,8-9,19H,3-4,7,18H2,1-2H3,(H,20,21)/t9-/m0/s1. The molecule has 0 spiro atoms. The lowest BCUT2D eigenvalue weighted by atomic mass is 10.1. The van der Waals surface area contributed by atoms with Crippen molar-refractivity contribution in [3.63, 3.8) is 0 Å². The Bertz CT molecular complexity index is 487. The molecule has 0 fully saturated rings. The van der Waals surface area contributed by atoms with E-state index in [0.29, 0.717) is 12.2 Å². The minimum atomic E-state index is -4.46. The summed E-state index contributed by atoms with van der Waals surface area (Å²) in [6.07, 6.45) is -2.63. The molecule has 0 aromatic heterocycles. The number of unbranched alkanes of at least 4 members (excludes halogenated alkanes) is 1. The first-order chi connectivity index (χ1) is 9.75. The first-order valence-electron chi connectivity index (χ1n) is 6.77. The molecule has 0 aliphatic heterocycles. The highest BCUT2D eigenvalue weighted by Gasteiger charge is 2.31. The van der Waals surface area contributed by atoms with Crippen LogP contribution in [-0.2, 0) is 11.0 Å². The van der Waals surface area contributed by atoms with Crippen LogP contribution in [0.2, 0.25) is 0 Å². The number of halogens is 3. The zero-order valence-corrected chi connectivity index (χ0v) is 12.1. The molecule has 4 N–H and O–H groups in total. The van der Waals surface area contributed by atoms with Crippen molar-refractivity contribution in [2.75, 3.05) is 17.2 Å². The molecule has 4 nitrogen and oxygen atoms in total. The lowest BCUT2D eigenvalue weighted by Gasteiger charge is -2.16. The van der Waals surface area contributed by atoms with Crippen LogP contribution in [0.4, 0.5) is 24.5 Å². The average Bonchev–Trinajstić information content (AvgIpc) is 2.39. The molecule has 0 saturated carbocycles. The van der Waals surface area contributed by atoms with E-state index in [1.165, 1.54) is 13.0 Å². The van der Waals surface area contributed by atoms with Gasteiger partial charge < -0.3 is 16.4 Å². The molecule has 7 heteroatoms. The molecule has 1 rings (SSSR count). The highest BCUT2D eigenvalue weighted by molar-refractivity contribution is 5.97. The van der Waals surface area contributed by atoms with Crippen LogP contribution in [0.25, 0.3) is 0 Å². The molecular formula is C14H20F3N3O. The van der Waals surface area contributed by atoms with Crippen LogP contribution in [0.3, 0.4) is 0 Å². The normalized spacial score (nSPS) is 12.9. The third kappa shape index (κ3) is 5.26. The number of amides is 1. The van der Waals surface area contributed by atoms with E-state index in [0.717, 1.165) is 25.0 Å². The second-order valence-electron chi connectivity index (χ2n) is 4.82. The molecule has 1 atom stereocenters. The summed E-state index contributed by atoms with van der Waals surface area (Å²) in [4.78, 5) is 11.6. The van der Waals surface area contributed by atoms with Gasteiger partial charge in [0.2, 0.25) is 5.91 Å². The Kier molecular flexibility index (Phi) is 6.02. The number of nitrogens with two attached hydrogens (primary N) is 1. The summed E-state index contributed by atoms with van der Waals surface area (Å²) in [6.45, 7) is 4.09. The summed E-state index contributed by atoms with van der Waals surface area (Å²) in [6, 6.07) is 2.41. The van der Waals surface area contributed by atoms with Gasteiger partial charge in [-0.3, -0.25) is 4.79 Å². The molecule has 0 heterocycles. The summed E-state index contributed by atoms with van der Waals surface area (Å²) in [7, 11) is 0. The van der Waals surface area contributed by atoms with Crippen LogP contribution in [0, 0.1) is 0 Å². The highest BCUT2D eigenvalue weighted by atomic mass is 19.4.